The third kappa shape index (κ3) is 2.89. The van der Waals surface area contributed by atoms with Crippen molar-refractivity contribution in [1.82, 2.24) is 15.0 Å². The van der Waals surface area contributed by atoms with E-state index in [1.165, 1.54) is 18.2 Å². The summed E-state index contributed by atoms with van der Waals surface area (Å²) in [5.41, 5.74) is 6.01. The van der Waals surface area contributed by atoms with Crippen LogP contribution in [0.15, 0.2) is 18.2 Å². The Labute approximate surface area is 114 Å². The molecule has 0 aliphatic rings. The first-order valence-corrected chi connectivity index (χ1v) is 5.65. The van der Waals surface area contributed by atoms with Crippen molar-refractivity contribution in [2.75, 3.05) is 30.0 Å². The predicted molar refractivity (Wildman–Crippen MR) is 73.0 cm³/mol. The lowest BCUT2D eigenvalue weighted by atomic mass is 10.2. The molecule has 0 amide bonds. The van der Waals surface area contributed by atoms with Crippen molar-refractivity contribution >= 4 is 23.5 Å². The van der Waals surface area contributed by atoms with E-state index in [4.69, 9.17) is 11.0 Å². The maximum absolute atomic E-state index is 13.2. The topological polar surface area (TPSA) is 104 Å². The van der Waals surface area contributed by atoms with Crippen LogP contribution >= 0.6 is 0 Å². The minimum atomic E-state index is -0.581. The number of nitrogens with one attached hydrogen (secondary N) is 1. The summed E-state index contributed by atoms with van der Waals surface area (Å²) >= 11 is 0. The Balaban J connectivity index is 2.33. The molecule has 0 aliphatic heterocycles. The van der Waals surface area contributed by atoms with Gasteiger partial charge in [0.05, 0.1) is 5.56 Å². The second-order valence-corrected chi connectivity index (χ2v) is 4.14. The van der Waals surface area contributed by atoms with Gasteiger partial charge in [-0.1, -0.05) is 0 Å². The summed E-state index contributed by atoms with van der Waals surface area (Å²) in [4.78, 5) is 13.7. The third-order valence-electron chi connectivity index (χ3n) is 2.38. The number of anilines is 4. The summed E-state index contributed by atoms with van der Waals surface area (Å²) in [5.74, 6) is 0.0929. The molecule has 0 radical (unpaired) electrons. The van der Waals surface area contributed by atoms with Gasteiger partial charge in [0, 0.05) is 19.8 Å². The summed E-state index contributed by atoms with van der Waals surface area (Å²) in [7, 11) is 3.54. The Hall–Kier alpha value is -2.95. The molecule has 102 valence electrons. The van der Waals surface area contributed by atoms with E-state index >= 15 is 0 Å². The molecule has 0 atom stereocenters. The number of nitrogens with zero attached hydrogens (tertiary/aromatic N) is 5. The van der Waals surface area contributed by atoms with Crippen molar-refractivity contribution in [2.45, 2.75) is 0 Å². The fourth-order valence-corrected chi connectivity index (χ4v) is 1.45. The van der Waals surface area contributed by atoms with E-state index in [1.54, 1.807) is 25.1 Å². The normalized spacial score (nSPS) is 9.90. The lowest BCUT2D eigenvalue weighted by Gasteiger charge is -2.12. The van der Waals surface area contributed by atoms with Crippen LogP contribution in [0.4, 0.5) is 27.9 Å². The summed E-state index contributed by atoms with van der Waals surface area (Å²) in [6.07, 6.45) is 0. The molecule has 3 N–H and O–H groups in total. The van der Waals surface area contributed by atoms with Gasteiger partial charge in [-0.3, -0.25) is 0 Å². The smallest absolute Gasteiger partial charge is 0.233 e. The Morgan fingerprint density at radius 1 is 1.30 bits per heavy atom. The highest BCUT2D eigenvalue weighted by molar-refractivity contribution is 5.58. The zero-order valence-corrected chi connectivity index (χ0v) is 10.9. The van der Waals surface area contributed by atoms with Gasteiger partial charge in [0.25, 0.3) is 0 Å². The van der Waals surface area contributed by atoms with Crippen molar-refractivity contribution in [2.24, 2.45) is 0 Å². The van der Waals surface area contributed by atoms with E-state index < -0.39 is 5.82 Å². The molecule has 1 heterocycles. The Morgan fingerprint density at radius 3 is 2.70 bits per heavy atom. The molecular weight excluding hydrogens is 261 g/mol. The molecule has 0 fully saturated rings. The number of rotatable bonds is 3. The predicted octanol–water partition coefficient (Wildman–Crippen LogP) is 1.27. The van der Waals surface area contributed by atoms with Crippen LogP contribution in [0.2, 0.25) is 0 Å². The summed E-state index contributed by atoms with van der Waals surface area (Å²) in [6, 6.07) is 5.80. The average Bonchev–Trinajstić information content (AvgIpc) is 2.40. The molecule has 0 saturated heterocycles. The van der Waals surface area contributed by atoms with Crippen LogP contribution in [0, 0.1) is 17.1 Å². The number of nitriles is 1. The van der Waals surface area contributed by atoms with Crippen LogP contribution in [-0.2, 0) is 0 Å². The van der Waals surface area contributed by atoms with E-state index in [2.05, 4.69) is 20.3 Å². The van der Waals surface area contributed by atoms with Crippen molar-refractivity contribution in [3.63, 3.8) is 0 Å². The lowest BCUT2D eigenvalue weighted by molar-refractivity contribution is 0.624. The maximum Gasteiger partial charge on any atom is 0.233 e. The molecule has 1 aromatic carbocycles. The van der Waals surface area contributed by atoms with Gasteiger partial charge in [0.1, 0.15) is 11.9 Å². The van der Waals surface area contributed by atoms with E-state index in [0.29, 0.717) is 11.6 Å². The number of halogens is 1. The van der Waals surface area contributed by atoms with E-state index in [-0.39, 0.29) is 17.5 Å². The van der Waals surface area contributed by atoms with Crippen molar-refractivity contribution in [3.05, 3.63) is 29.6 Å². The number of hydrogen-bond donors (Lipinski definition) is 2. The summed E-state index contributed by atoms with van der Waals surface area (Å²) in [5, 5.41) is 11.6. The second kappa shape index (κ2) is 5.36. The van der Waals surface area contributed by atoms with Crippen molar-refractivity contribution < 1.29 is 4.39 Å². The van der Waals surface area contributed by atoms with Gasteiger partial charge in [-0.05, 0) is 18.2 Å². The number of hydrogen-bond acceptors (Lipinski definition) is 7. The van der Waals surface area contributed by atoms with Crippen LogP contribution in [0.3, 0.4) is 0 Å². The van der Waals surface area contributed by atoms with Crippen molar-refractivity contribution in [1.29, 1.82) is 5.26 Å². The van der Waals surface area contributed by atoms with Gasteiger partial charge in [-0.2, -0.15) is 20.2 Å². The number of nitrogen functional groups attached to an aromatic ring is 1. The minimum Gasteiger partial charge on any atom is -0.368 e. The highest BCUT2D eigenvalue weighted by Crippen LogP contribution is 2.18. The zero-order chi connectivity index (χ0) is 14.7. The quantitative estimate of drug-likeness (QED) is 0.867. The van der Waals surface area contributed by atoms with Gasteiger partial charge in [0.15, 0.2) is 0 Å². The SMILES string of the molecule is CN(C)c1nc(N)nc(Nc2ccc(F)c(C#N)c2)n1. The number of aromatic nitrogens is 3. The van der Waals surface area contributed by atoms with Gasteiger partial charge in [0.2, 0.25) is 17.8 Å². The van der Waals surface area contributed by atoms with E-state index in [0.717, 1.165) is 0 Å². The van der Waals surface area contributed by atoms with Crippen LogP contribution in [0.5, 0.6) is 0 Å². The van der Waals surface area contributed by atoms with Gasteiger partial charge >= 0.3 is 0 Å². The molecule has 0 spiro atoms. The van der Waals surface area contributed by atoms with Crippen LogP contribution in [0.1, 0.15) is 5.56 Å². The molecule has 0 aliphatic carbocycles. The van der Waals surface area contributed by atoms with Gasteiger partial charge < -0.3 is 16.0 Å². The first-order chi connectivity index (χ1) is 9.49. The third-order valence-corrected chi connectivity index (χ3v) is 2.38. The van der Waals surface area contributed by atoms with Gasteiger partial charge in [-0.25, -0.2) is 4.39 Å². The zero-order valence-electron chi connectivity index (χ0n) is 10.9. The molecule has 2 rings (SSSR count). The minimum absolute atomic E-state index is 0.0637. The highest BCUT2D eigenvalue weighted by atomic mass is 19.1. The Bertz CT molecular complexity index is 678. The van der Waals surface area contributed by atoms with Crippen LogP contribution in [-0.4, -0.2) is 29.0 Å². The molecular formula is C12H12FN7. The Kier molecular flexibility index (Phi) is 3.61. The molecule has 1 aromatic heterocycles. The first kappa shape index (κ1) is 13.5. The molecule has 8 heteroatoms. The maximum atomic E-state index is 13.2. The monoisotopic (exact) mass is 273 g/mol. The van der Waals surface area contributed by atoms with Crippen LogP contribution in [0.25, 0.3) is 0 Å². The fraction of sp³-hybridized carbons (Fsp3) is 0.167. The van der Waals surface area contributed by atoms with Crippen LogP contribution < -0.4 is 16.0 Å². The molecule has 7 nitrogen and oxygen atoms in total. The van der Waals surface area contributed by atoms with E-state index in [9.17, 15) is 4.39 Å². The number of benzene rings is 1. The van der Waals surface area contributed by atoms with Crippen molar-refractivity contribution in [3.8, 4) is 6.07 Å². The Morgan fingerprint density at radius 2 is 2.05 bits per heavy atom. The largest absolute Gasteiger partial charge is 0.368 e. The molecule has 20 heavy (non-hydrogen) atoms. The van der Waals surface area contributed by atoms with E-state index in [1.807, 2.05) is 0 Å². The molecule has 0 saturated carbocycles. The van der Waals surface area contributed by atoms with Gasteiger partial charge in [-0.15, -0.1) is 0 Å². The molecule has 0 bridgehead atoms. The first-order valence-electron chi connectivity index (χ1n) is 5.65. The lowest BCUT2D eigenvalue weighted by Crippen LogP contribution is -2.15. The second-order valence-electron chi connectivity index (χ2n) is 4.14. The highest BCUT2D eigenvalue weighted by Gasteiger charge is 2.08. The standard InChI is InChI=1S/C12H12FN7/c1-20(2)12-18-10(15)17-11(19-12)16-8-3-4-9(13)7(5-8)6-14/h3-5H,1-2H3,(H3,15,16,17,18,19). The number of nitrogens with two attached hydrogens (primary N) is 1. The average molecular weight is 273 g/mol. The summed E-state index contributed by atoms with van der Waals surface area (Å²) in [6.45, 7) is 0. The fourth-order valence-electron chi connectivity index (χ4n) is 1.45. The summed E-state index contributed by atoms with van der Waals surface area (Å²) < 4.78 is 13.2. The molecule has 0 unspecified atom stereocenters. The molecule has 2 aromatic rings.